The molecule has 0 saturated carbocycles. The minimum absolute atomic E-state index is 0.100. The Morgan fingerprint density at radius 2 is 1.59 bits per heavy atom. The van der Waals surface area contributed by atoms with E-state index in [1.54, 1.807) is 12.1 Å². The lowest BCUT2D eigenvalue weighted by atomic mass is 10.0. The molecule has 0 fully saturated rings. The number of carboxylic acids is 2. The first kappa shape index (κ1) is 32.0. The Morgan fingerprint density at radius 3 is 2.18 bits per heavy atom. The van der Waals surface area contributed by atoms with Crippen molar-refractivity contribution >= 4 is 28.1 Å². The number of carbonyl (C=O) groups is 2. The predicted molar refractivity (Wildman–Crippen MR) is 150 cm³/mol. The van der Waals surface area contributed by atoms with E-state index in [0.717, 1.165) is 25.3 Å². The van der Waals surface area contributed by atoms with Gasteiger partial charge >= 0.3 is 11.9 Å². The van der Waals surface area contributed by atoms with Crippen molar-refractivity contribution in [2.75, 3.05) is 6.61 Å². The van der Waals surface area contributed by atoms with Crippen molar-refractivity contribution in [3.05, 3.63) is 65.0 Å². The summed E-state index contributed by atoms with van der Waals surface area (Å²) >= 11 is 0. The van der Waals surface area contributed by atoms with E-state index in [1.165, 1.54) is 75.3 Å². The van der Waals surface area contributed by atoms with E-state index in [-0.39, 0.29) is 28.9 Å². The van der Waals surface area contributed by atoms with Crippen LogP contribution in [0.2, 0.25) is 0 Å². The largest absolute Gasteiger partial charge is 0.491 e. The van der Waals surface area contributed by atoms with Crippen molar-refractivity contribution in [3.8, 4) is 5.75 Å². The Balaban J connectivity index is 2.05. The number of rotatable bonds is 19. The summed E-state index contributed by atoms with van der Waals surface area (Å²) in [4.78, 5) is 26.8. The fraction of sp³-hybridized carbons (Fsp3) is 0.483. The van der Waals surface area contributed by atoms with Gasteiger partial charge in [0, 0.05) is 18.2 Å². The van der Waals surface area contributed by atoms with Crippen LogP contribution in [0.1, 0.15) is 104 Å². The van der Waals surface area contributed by atoms with Crippen molar-refractivity contribution in [3.63, 3.8) is 0 Å². The third-order valence-electron chi connectivity index (χ3n) is 6.34. The molecule has 0 aliphatic rings. The fourth-order valence-corrected chi connectivity index (χ4v) is 5.11. The van der Waals surface area contributed by atoms with Gasteiger partial charge in [-0.05, 0) is 42.3 Å². The standard InChI is InChI=1S/C29H39NO8S/c1-2-3-4-5-6-7-8-9-10-11-19-38-26-17-15-24(30-25(26)16-18-28(31)32)21-27(39(35,36)37)22-13-12-14-23(20-22)29(33)34/h12-18,20,27H,2-11,19,21H2,1H3,(H,31,32)(H,33,34)(H,35,36,37)/b18-16+. The molecule has 1 unspecified atom stereocenters. The summed E-state index contributed by atoms with van der Waals surface area (Å²) in [5, 5.41) is 16.8. The summed E-state index contributed by atoms with van der Waals surface area (Å²) in [7, 11) is -4.62. The summed E-state index contributed by atoms with van der Waals surface area (Å²) in [6, 6.07) is 8.47. The van der Waals surface area contributed by atoms with E-state index >= 15 is 0 Å². The molecule has 214 valence electrons. The van der Waals surface area contributed by atoms with Crippen molar-refractivity contribution in [2.24, 2.45) is 0 Å². The Morgan fingerprint density at radius 1 is 0.949 bits per heavy atom. The van der Waals surface area contributed by atoms with Crippen LogP contribution in [0.25, 0.3) is 6.08 Å². The predicted octanol–water partition coefficient (Wildman–Crippen LogP) is 6.35. The normalized spacial score (nSPS) is 12.5. The van der Waals surface area contributed by atoms with Crippen LogP contribution < -0.4 is 4.74 Å². The van der Waals surface area contributed by atoms with Crippen molar-refractivity contribution in [1.29, 1.82) is 0 Å². The van der Waals surface area contributed by atoms with E-state index in [0.29, 0.717) is 12.4 Å². The van der Waals surface area contributed by atoms with Crippen molar-refractivity contribution < 1.29 is 37.5 Å². The molecule has 0 amide bonds. The minimum atomic E-state index is -4.62. The molecule has 10 heteroatoms. The third-order valence-corrected chi connectivity index (χ3v) is 7.50. The molecule has 9 nitrogen and oxygen atoms in total. The van der Waals surface area contributed by atoms with Gasteiger partial charge in [0.15, 0.2) is 0 Å². The topological polar surface area (TPSA) is 151 Å². The zero-order valence-corrected chi connectivity index (χ0v) is 23.2. The molecule has 1 atom stereocenters. The molecule has 3 N–H and O–H groups in total. The SMILES string of the molecule is CCCCCCCCCCCCOc1ccc(CC(c2cccc(C(=O)O)c2)S(=O)(=O)O)nc1/C=C/C(=O)O. The van der Waals surface area contributed by atoms with Gasteiger partial charge in [-0.25, -0.2) is 14.6 Å². The van der Waals surface area contributed by atoms with Crippen molar-refractivity contribution in [2.45, 2.75) is 82.8 Å². The number of carboxylic acid groups (broad SMARTS) is 2. The summed E-state index contributed by atoms with van der Waals surface area (Å²) in [5.74, 6) is -2.04. The van der Waals surface area contributed by atoms with Gasteiger partial charge in [0.2, 0.25) is 0 Å². The second-order valence-electron chi connectivity index (χ2n) is 9.53. The molecule has 0 spiro atoms. The molecule has 1 heterocycles. The molecule has 39 heavy (non-hydrogen) atoms. The lowest BCUT2D eigenvalue weighted by Gasteiger charge is -2.16. The highest BCUT2D eigenvalue weighted by Gasteiger charge is 2.27. The first-order chi connectivity index (χ1) is 18.6. The van der Waals surface area contributed by atoms with Crippen LogP contribution in [0.3, 0.4) is 0 Å². The number of nitrogens with zero attached hydrogens (tertiary/aromatic N) is 1. The molecular formula is C29H39NO8S. The number of benzene rings is 1. The number of ether oxygens (including phenoxy) is 1. The second-order valence-corrected chi connectivity index (χ2v) is 11.1. The zero-order chi connectivity index (χ0) is 28.7. The van der Waals surface area contributed by atoms with Crippen LogP contribution in [0.4, 0.5) is 0 Å². The quantitative estimate of drug-likeness (QED) is 0.101. The van der Waals surface area contributed by atoms with Gasteiger partial charge in [-0.15, -0.1) is 0 Å². The van der Waals surface area contributed by atoms with E-state index in [1.807, 2.05) is 0 Å². The Labute approximate surface area is 230 Å². The van der Waals surface area contributed by atoms with E-state index in [2.05, 4.69) is 11.9 Å². The van der Waals surface area contributed by atoms with Gasteiger partial charge in [-0.3, -0.25) is 4.55 Å². The average molecular weight is 562 g/mol. The molecule has 2 rings (SSSR count). The number of aliphatic carboxylic acids is 1. The molecule has 2 aromatic rings. The number of hydrogen-bond acceptors (Lipinski definition) is 6. The monoisotopic (exact) mass is 561 g/mol. The number of pyridine rings is 1. The smallest absolute Gasteiger partial charge is 0.335 e. The highest BCUT2D eigenvalue weighted by atomic mass is 32.2. The third kappa shape index (κ3) is 12.0. The van der Waals surface area contributed by atoms with Crippen LogP contribution in [-0.4, -0.2) is 46.7 Å². The summed E-state index contributed by atoms with van der Waals surface area (Å²) in [6.45, 7) is 2.64. The van der Waals surface area contributed by atoms with Gasteiger partial charge in [-0.1, -0.05) is 76.8 Å². The van der Waals surface area contributed by atoms with Crippen LogP contribution in [0.5, 0.6) is 5.75 Å². The summed E-state index contributed by atoms with van der Waals surface area (Å²) in [6.07, 6.45) is 13.8. The van der Waals surface area contributed by atoms with Gasteiger partial charge in [-0.2, -0.15) is 8.42 Å². The van der Waals surface area contributed by atoms with Crippen LogP contribution in [0.15, 0.2) is 42.5 Å². The minimum Gasteiger partial charge on any atom is -0.491 e. The Kier molecular flexibility index (Phi) is 13.7. The number of hydrogen-bond donors (Lipinski definition) is 3. The summed E-state index contributed by atoms with van der Waals surface area (Å²) in [5.41, 5.74) is 0.461. The fourth-order valence-electron chi connectivity index (χ4n) is 4.24. The van der Waals surface area contributed by atoms with Crippen LogP contribution in [-0.2, 0) is 21.3 Å². The Bertz CT molecular complexity index is 1210. The summed E-state index contributed by atoms with van der Waals surface area (Å²) < 4.78 is 40.1. The molecule has 1 aromatic heterocycles. The lowest BCUT2D eigenvalue weighted by Crippen LogP contribution is -2.16. The second kappa shape index (κ2) is 16.7. The van der Waals surface area contributed by atoms with E-state index < -0.39 is 27.3 Å². The number of unbranched alkanes of at least 4 members (excludes halogenated alkanes) is 9. The average Bonchev–Trinajstić information content (AvgIpc) is 2.89. The maximum atomic E-state index is 12.2. The van der Waals surface area contributed by atoms with Gasteiger partial charge in [0.1, 0.15) is 16.7 Å². The van der Waals surface area contributed by atoms with Crippen LogP contribution in [0, 0.1) is 0 Å². The van der Waals surface area contributed by atoms with Gasteiger partial charge < -0.3 is 14.9 Å². The lowest BCUT2D eigenvalue weighted by molar-refractivity contribution is -0.131. The van der Waals surface area contributed by atoms with E-state index in [4.69, 9.17) is 9.84 Å². The molecular weight excluding hydrogens is 522 g/mol. The molecule has 0 aliphatic heterocycles. The molecule has 0 bridgehead atoms. The maximum Gasteiger partial charge on any atom is 0.335 e. The van der Waals surface area contributed by atoms with Crippen molar-refractivity contribution in [1.82, 2.24) is 4.98 Å². The zero-order valence-electron chi connectivity index (χ0n) is 22.4. The van der Waals surface area contributed by atoms with Gasteiger partial charge in [0.05, 0.1) is 12.2 Å². The van der Waals surface area contributed by atoms with Gasteiger partial charge in [0.25, 0.3) is 10.1 Å². The first-order valence-corrected chi connectivity index (χ1v) is 15.0. The highest BCUT2D eigenvalue weighted by Crippen LogP contribution is 2.28. The van der Waals surface area contributed by atoms with Crippen LogP contribution >= 0.6 is 0 Å². The maximum absolute atomic E-state index is 12.2. The first-order valence-electron chi connectivity index (χ1n) is 13.4. The molecule has 0 aliphatic carbocycles. The molecule has 1 aromatic carbocycles. The Hall–Kier alpha value is -3.24. The number of aromatic nitrogens is 1. The highest BCUT2D eigenvalue weighted by molar-refractivity contribution is 7.86. The van der Waals surface area contributed by atoms with E-state index in [9.17, 15) is 27.7 Å². The number of aromatic carboxylic acids is 1. The molecule has 0 saturated heterocycles. The molecule has 0 radical (unpaired) electrons.